The summed E-state index contributed by atoms with van der Waals surface area (Å²) in [5.74, 6) is -4.75. The van der Waals surface area contributed by atoms with Crippen LogP contribution in [0, 0.1) is 27.7 Å². The number of nitrogens with zero attached hydrogens (tertiary/aromatic N) is 2. The molecule has 6 amide bonds. The Morgan fingerprint density at radius 2 is 0.773 bits per heavy atom. The molecule has 66 heavy (non-hydrogen) atoms. The van der Waals surface area contributed by atoms with Crippen molar-refractivity contribution in [2.75, 3.05) is 75.6 Å². The van der Waals surface area contributed by atoms with E-state index in [-0.39, 0.29) is 79.9 Å². The van der Waals surface area contributed by atoms with Gasteiger partial charge < -0.3 is 82.1 Å². The van der Waals surface area contributed by atoms with Gasteiger partial charge in [0.2, 0.25) is 11.8 Å². The number of hydrogen-bond donors (Lipinski definition) is 14. The first kappa shape index (κ1) is 57.0. The summed E-state index contributed by atoms with van der Waals surface area (Å²) in [4.78, 5) is 84.7. The van der Waals surface area contributed by atoms with Crippen molar-refractivity contribution in [2.24, 2.45) is 0 Å². The summed E-state index contributed by atoms with van der Waals surface area (Å²) in [5, 5.41) is 111. The minimum Gasteiger partial charge on any atom is -0.394 e. The minimum atomic E-state index is -1.89. The third-order valence-electron chi connectivity index (χ3n) is 11.2. The topological polar surface area (TPSA) is 359 Å². The van der Waals surface area contributed by atoms with Gasteiger partial charge in [-0.25, -0.2) is 0 Å². The fourth-order valence-corrected chi connectivity index (χ4v) is 7.82. The second-order valence-corrected chi connectivity index (χ2v) is 15.9. The number of benzene rings is 2. The van der Waals surface area contributed by atoms with Gasteiger partial charge in [0.1, 0.15) is 0 Å². The van der Waals surface area contributed by atoms with Crippen molar-refractivity contribution in [1.29, 1.82) is 0 Å². The molecule has 0 bridgehead atoms. The summed E-state index contributed by atoms with van der Waals surface area (Å²) in [6, 6.07) is -2.24. The van der Waals surface area contributed by atoms with E-state index in [4.69, 9.17) is 0 Å². The fraction of sp³-hybridized carbons (Fsp3) is 0.591. The molecule has 0 saturated heterocycles. The highest BCUT2D eigenvalue weighted by atomic mass is 16.3. The molecule has 0 aliphatic rings. The molecule has 0 radical (unpaired) electrons. The molecule has 0 aliphatic heterocycles. The van der Waals surface area contributed by atoms with Crippen LogP contribution in [0.25, 0.3) is 0 Å². The van der Waals surface area contributed by atoms with Crippen LogP contribution in [0.5, 0.6) is 0 Å². The lowest BCUT2D eigenvalue weighted by Gasteiger charge is -2.35. The Kier molecular flexibility index (Phi) is 22.7. The highest BCUT2D eigenvalue weighted by Gasteiger charge is 2.36. The van der Waals surface area contributed by atoms with Gasteiger partial charge in [-0.15, -0.1) is 0 Å². The lowest BCUT2D eigenvalue weighted by Crippen LogP contribution is -2.48. The largest absolute Gasteiger partial charge is 0.394 e. The molecule has 22 nitrogen and oxygen atoms in total. The summed E-state index contributed by atoms with van der Waals surface area (Å²) in [6.07, 6.45) is -6.38. The molecule has 4 atom stereocenters. The average Bonchev–Trinajstić information content (AvgIpc) is 3.28. The molecule has 0 aliphatic carbocycles. The summed E-state index contributed by atoms with van der Waals surface area (Å²) >= 11 is 0. The minimum absolute atomic E-state index is 0.0165. The summed E-state index contributed by atoms with van der Waals surface area (Å²) in [7, 11) is 0. The van der Waals surface area contributed by atoms with E-state index in [9.17, 15) is 79.8 Å². The van der Waals surface area contributed by atoms with Gasteiger partial charge in [-0.3, -0.25) is 28.8 Å². The first-order valence-corrected chi connectivity index (χ1v) is 21.5. The van der Waals surface area contributed by atoms with Gasteiger partial charge in [-0.1, -0.05) is 13.8 Å². The van der Waals surface area contributed by atoms with E-state index in [1.54, 1.807) is 13.8 Å². The van der Waals surface area contributed by atoms with Crippen LogP contribution < -0.4 is 31.1 Å². The summed E-state index contributed by atoms with van der Waals surface area (Å²) in [6.45, 7) is 5.25. The number of carbonyl (C=O) groups excluding carboxylic acids is 6. The van der Waals surface area contributed by atoms with Gasteiger partial charge in [-0.05, 0) is 73.9 Å². The molecular weight excluding hydrogens is 869 g/mol. The molecule has 14 N–H and O–H groups in total. The molecule has 2 rings (SSSR count). The van der Waals surface area contributed by atoms with Crippen molar-refractivity contribution in [3.05, 3.63) is 55.6 Å². The third-order valence-corrected chi connectivity index (χ3v) is 11.2. The molecule has 2 aromatic carbocycles. The predicted molar refractivity (Wildman–Crippen MR) is 240 cm³/mol. The zero-order valence-corrected chi connectivity index (χ0v) is 38.8. The molecule has 0 saturated carbocycles. The quantitative estimate of drug-likeness (QED) is 0.0459. The van der Waals surface area contributed by atoms with E-state index in [0.29, 0.717) is 0 Å². The molecule has 0 spiro atoms. The molecule has 0 aromatic heterocycles. The lowest BCUT2D eigenvalue weighted by molar-refractivity contribution is -0.118. The number of rotatable bonds is 25. The molecule has 4 unspecified atom stereocenters. The molecule has 22 heteroatoms. The van der Waals surface area contributed by atoms with Crippen molar-refractivity contribution in [2.45, 2.75) is 105 Å². The first-order chi connectivity index (χ1) is 31.1. The Balaban J connectivity index is 2.90. The van der Waals surface area contributed by atoms with Crippen LogP contribution in [0.4, 0.5) is 11.4 Å². The van der Waals surface area contributed by atoms with E-state index in [0.717, 1.165) is 23.6 Å². The average molecular weight is 937 g/mol. The first-order valence-electron chi connectivity index (χ1n) is 21.5. The maximum Gasteiger partial charge on any atom is 0.252 e. The van der Waals surface area contributed by atoms with Crippen LogP contribution in [0.2, 0.25) is 0 Å². The Morgan fingerprint density at radius 1 is 0.470 bits per heavy atom. The van der Waals surface area contributed by atoms with Crippen molar-refractivity contribution in [3.63, 3.8) is 0 Å². The van der Waals surface area contributed by atoms with Crippen molar-refractivity contribution < 1.29 is 79.8 Å². The van der Waals surface area contributed by atoms with Crippen LogP contribution >= 0.6 is 0 Å². The van der Waals surface area contributed by atoms with Gasteiger partial charge in [0, 0.05) is 49.2 Å². The number of anilines is 2. The number of aliphatic hydroxyl groups is 10. The van der Waals surface area contributed by atoms with E-state index in [1.807, 2.05) is 0 Å². The Labute approximate surface area is 383 Å². The smallest absolute Gasteiger partial charge is 0.252 e. The predicted octanol–water partition coefficient (Wildman–Crippen LogP) is -3.50. The van der Waals surface area contributed by atoms with Crippen LogP contribution in [-0.4, -0.2) is 189 Å². The van der Waals surface area contributed by atoms with Gasteiger partial charge in [0.15, 0.2) is 0 Å². The SMILES string of the molecule is CCc1c(C(=O)NC(CO)CO)c(C)c(C(=O)NCC(O)CO)c(C)c1N(CC(O)C(O)CN(C(C)=O)c1c(C)c(C(=O)NCC(O)CO)c(C)c(C(=O)NC(CO)CO)c1CC)C(C)=O. The van der Waals surface area contributed by atoms with Crippen LogP contribution in [0.1, 0.15) is 103 Å². The highest BCUT2D eigenvalue weighted by molar-refractivity contribution is 6.09. The molecule has 2 aromatic rings. The second kappa shape index (κ2) is 26.3. The summed E-state index contributed by atoms with van der Waals surface area (Å²) in [5.41, 5.74) is 0.394. The zero-order valence-electron chi connectivity index (χ0n) is 38.8. The molecular formula is C44H68N6O16. The number of carbonyl (C=O) groups is 6. The van der Waals surface area contributed by atoms with Crippen LogP contribution in [0.15, 0.2) is 0 Å². The molecule has 0 fully saturated rings. The van der Waals surface area contributed by atoms with Crippen molar-refractivity contribution in [1.82, 2.24) is 21.3 Å². The number of amides is 6. The van der Waals surface area contributed by atoms with Gasteiger partial charge in [-0.2, -0.15) is 0 Å². The van der Waals surface area contributed by atoms with Crippen LogP contribution in [-0.2, 0) is 22.4 Å². The second-order valence-electron chi connectivity index (χ2n) is 15.9. The number of nitrogens with one attached hydrogen (secondary N) is 4. The number of hydrogen-bond acceptors (Lipinski definition) is 16. The van der Waals surface area contributed by atoms with Crippen LogP contribution in [0.3, 0.4) is 0 Å². The Hall–Kier alpha value is -5.14. The fourth-order valence-electron chi connectivity index (χ4n) is 7.82. The van der Waals surface area contributed by atoms with E-state index < -0.39 is 138 Å². The molecule has 0 heterocycles. The lowest BCUT2D eigenvalue weighted by atomic mass is 9.87. The maximum atomic E-state index is 13.9. The van der Waals surface area contributed by atoms with E-state index in [2.05, 4.69) is 21.3 Å². The normalized spacial score (nSPS) is 13.2. The van der Waals surface area contributed by atoms with Crippen molar-refractivity contribution in [3.8, 4) is 0 Å². The van der Waals surface area contributed by atoms with Gasteiger partial charge in [0.25, 0.3) is 23.6 Å². The van der Waals surface area contributed by atoms with Crippen molar-refractivity contribution >= 4 is 46.8 Å². The van der Waals surface area contributed by atoms with E-state index >= 15 is 0 Å². The highest BCUT2D eigenvalue weighted by Crippen LogP contribution is 2.38. The Bertz CT molecular complexity index is 1910. The van der Waals surface area contributed by atoms with Gasteiger partial charge >= 0.3 is 0 Å². The third kappa shape index (κ3) is 13.5. The zero-order chi connectivity index (χ0) is 50.3. The molecule has 370 valence electrons. The summed E-state index contributed by atoms with van der Waals surface area (Å²) < 4.78 is 0. The number of aliphatic hydroxyl groups excluding tert-OH is 10. The monoisotopic (exact) mass is 936 g/mol. The maximum absolute atomic E-state index is 13.9. The Morgan fingerprint density at radius 3 is 1.02 bits per heavy atom. The van der Waals surface area contributed by atoms with E-state index in [1.165, 1.54) is 27.7 Å². The van der Waals surface area contributed by atoms with Gasteiger partial charge in [0.05, 0.1) is 101 Å². The standard InChI is InChI=1S/C44H68N6O16/c1-9-31-37(43(65)47-27(15-51)16-52)21(3)35(41(63)45-11-29(59)19-55)23(5)39(31)49(25(7)57)13-33(61)34(62)14-50(26(8)58)40-24(6)36(42(64)46-12-30(60)20-56)22(4)38(32(40)10-2)44(66)48-28(17-53)18-54/h27-30,33-34,51-56,59-62H,9-20H2,1-8H3,(H,45,63)(H,46,64)(H,47,65)(H,48,66).